The number of carbonyl (C=O) groups is 1. The van der Waals surface area contributed by atoms with E-state index in [0.717, 1.165) is 38.2 Å². The Hall–Kier alpha value is -2.37. The van der Waals surface area contributed by atoms with Crippen molar-refractivity contribution in [3.05, 3.63) is 65.7 Å². The Morgan fingerprint density at radius 3 is 2.54 bits per heavy atom. The Morgan fingerprint density at radius 2 is 1.93 bits per heavy atom. The number of carbonyl (C=O) groups excluding carboxylic acids is 1. The summed E-state index contributed by atoms with van der Waals surface area (Å²) in [6.45, 7) is 5.25. The summed E-state index contributed by atoms with van der Waals surface area (Å²) in [5, 5.41) is 12.8. The molecule has 2 aromatic carbocycles. The molecule has 2 aromatic rings. The van der Waals surface area contributed by atoms with Gasteiger partial charge in [0.1, 0.15) is 0 Å². The van der Waals surface area contributed by atoms with Gasteiger partial charge in [0.15, 0.2) is 0 Å². The average Bonchev–Trinajstić information content (AvgIpc) is 3.15. The number of hydrogen-bond acceptors (Lipinski definition) is 4. The third kappa shape index (κ3) is 5.12. The third-order valence-corrected chi connectivity index (χ3v) is 5.40. The van der Waals surface area contributed by atoms with Gasteiger partial charge in [-0.25, -0.2) is 0 Å². The summed E-state index contributed by atoms with van der Waals surface area (Å²) < 4.78 is 0. The van der Waals surface area contributed by atoms with Crippen LogP contribution in [0.2, 0.25) is 0 Å². The summed E-state index contributed by atoms with van der Waals surface area (Å²) in [5.41, 5.74) is 3.00. The Morgan fingerprint density at radius 1 is 1.21 bits per heavy atom. The van der Waals surface area contributed by atoms with Crippen LogP contribution in [0.5, 0.6) is 0 Å². The lowest BCUT2D eigenvalue weighted by atomic mass is 10.0. The van der Waals surface area contributed by atoms with Crippen LogP contribution in [0, 0.1) is 0 Å². The van der Waals surface area contributed by atoms with E-state index in [1.807, 2.05) is 37.3 Å². The highest BCUT2D eigenvalue weighted by molar-refractivity contribution is 5.94. The molecule has 0 bridgehead atoms. The predicted molar refractivity (Wildman–Crippen MR) is 114 cm³/mol. The Balaban J connectivity index is 1.76. The van der Waals surface area contributed by atoms with Gasteiger partial charge in [-0.3, -0.25) is 9.69 Å². The smallest absolute Gasteiger partial charge is 0.251 e. The normalized spacial score (nSPS) is 18.0. The number of nitrogens with one attached hydrogen (secondary N) is 1. The molecule has 0 aromatic heterocycles. The topological polar surface area (TPSA) is 55.8 Å². The third-order valence-electron chi connectivity index (χ3n) is 5.40. The summed E-state index contributed by atoms with van der Waals surface area (Å²) in [6, 6.07) is 18.4. The molecule has 1 aliphatic rings. The van der Waals surface area contributed by atoms with Gasteiger partial charge in [0, 0.05) is 44.5 Å². The molecule has 2 atom stereocenters. The van der Waals surface area contributed by atoms with Gasteiger partial charge in [0.2, 0.25) is 0 Å². The second-order valence-corrected chi connectivity index (χ2v) is 7.54. The van der Waals surface area contributed by atoms with Crippen molar-refractivity contribution in [3.63, 3.8) is 0 Å². The molecule has 1 fully saturated rings. The molecule has 2 N–H and O–H groups in total. The Labute approximate surface area is 168 Å². The molecule has 150 valence electrons. The van der Waals surface area contributed by atoms with E-state index in [0.29, 0.717) is 12.1 Å². The van der Waals surface area contributed by atoms with Crippen LogP contribution in [-0.4, -0.2) is 55.2 Å². The summed E-state index contributed by atoms with van der Waals surface area (Å²) in [5.74, 6) is -0.0262. The van der Waals surface area contributed by atoms with Crippen LogP contribution in [0.25, 0.3) is 0 Å². The van der Waals surface area contributed by atoms with Crippen molar-refractivity contribution in [2.24, 2.45) is 0 Å². The van der Waals surface area contributed by atoms with Crippen LogP contribution in [0.3, 0.4) is 0 Å². The number of rotatable bonds is 8. The zero-order valence-electron chi connectivity index (χ0n) is 16.8. The van der Waals surface area contributed by atoms with Crippen LogP contribution in [0.4, 0.5) is 5.69 Å². The van der Waals surface area contributed by atoms with Crippen molar-refractivity contribution < 1.29 is 9.90 Å². The number of aliphatic hydroxyl groups is 1. The van der Waals surface area contributed by atoms with E-state index in [1.165, 1.54) is 5.56 Å². The van der Waals surface area contributed by atoms with Crippen LogP contribution in [0.1, 0.15) is 41.7 Å². The van der Waals surface area contributed by atoms with E-state index < -0.39 is 0 Å². The van der Waals surface area contributed by atoms with Crippen LogP contribution >= 0.6 is 0 Å². The van der Waals surface area contributed by atoms with Gasteiger partial charge in [-0.1, -0.05) is 37.3 Å². The fourth-order valence-corrected chi connectivity index (χ4v) is 3.72. The first-order valence-electron chi connectivity index (χ1n) is 10.1. The largest absolute Gasteiger partial charge is 0.392 e. The number of likely N-dealkylation sites (N-methyl/N-ethyl adjacent to an activating group) is 1. The molecule has 3 rings (SSSR count). The maximum Gasteiger partial charge on any atom is 0.251 e. The van der Waals surface area contributed by atoms with Gasteiger partial charge in [0.25, 0.3) is 5.91 Å². The molecular weight excluding hydrogens is 350 g/mol. The van der Waals surface area contributed by atoms with Gasteiger partial charge in [-0.15, -0.1) is 0 Å². The molecule has 0 radical (unpaired) electrons. The van der Waals surface area contributed by atoms with E-state index in [1.54, 1.807) is 0 Å². The molecule has 1 heterocycles. The molecule has 1 amide bonds. The van der Waals surface area contributed by atoms with Crippen LogP contribution in [0.15, 0.2) is 54.6 Å². The van der Waals surface area contributed by atoms with E-state index >= 15 is 0 Å². The molecular formula is C23H31N3O2. The first-order valence-corrected chi connectivity index (χ1v) is 10.1. The molecule has 1 saturated heterocycles. The van der Waals surface area contributed by atoms with Crippen molar-refractivity contribution in [1.29, 1.82) is 0 Å². The molecule has 28 heavy (non-hydrogen) atoms. The van der Waals surface area contributed by atoms with Gasteiger partial charge in [-0.2, -0.15) is 0 Å². The number of nitrogens with zero attached hydrogens (tertiary/aromatic N) is 2. The van der Waals surface area contributed by atoms with Crippen LogP contribution in [-0.2, 0) is 0 Å². The lowest BCUT2D eigenvalue weighted by Gasteiger charge is -2.33. The molecule has 0 spiro atoms. The predicted octanol–water partition coefficient (Wildman–Crippen LogP) is 3.07. The van der Waals surface area contributed by atoms with Crippen LogP contribution < -0.4 is 10.2 Å². The maximum atomic E-state index is 12.1. The minimum Gasteiger partial charge on any atom is -0.392 e. The average molecular weight is 382 g/mol. The molecule has 1 aliphatic heterocycles. The Kier molecular flexibility index (Phi) is 7.06. The maximum absolute atomic E-state index is 12.1. The second-order valence-electron chi connectivity index (χ2n) is 7.54. The summed E-state index contributed by atoms with van der Waals surface area (Å²) in [6.07, 6.45) is 1.55. The molecule has 1 unspecified atom stereocenters. The lowest BCUT2D eigenvalue weighted by molar-refractivity contribution is 0.0953. The van der Waals surface area contributed by atoms with E-state index in [2.05, 4.69) is 46.4 Å². The minimum absolute atomic E-state index is 0.0262. The van der Waals surface area contributed by atoms with Crippen molar-refractivity contribution in [3.8, 4) is 0 Å². The van der Waals surface area contributed by atoms with Gasteiger partial charge < -0.3 is 15.3 Å². The number of likely N-dealkylation sites (tertiary alicyclic amines) is 1. The van der Waals surface area contributed by atoms with Crippen molar-refractivity contribution in [2.75, 3.05) is 38.1 Å². The second kappa shape index (κ2) is 9.71. The van der Waals surface area contributed by atoms with Gasteiger partial charge in [0.05, 0.1) is 12.1 Å². The number of hydrogen-bond donors (Lipinski definition) is 2. The number of anilines is 1. The van der Waals surface area contributed by atoms with Crippen molar-refractivity contribution in [1.82, 2.24) is 10.2 Å². The lowest BCUT2D eigenvalue weighted by Crippen LogP contribution is -2.36. The summed E-state index contributed by atoms with van der Waals surface area (Å²) in [4.78, 5) is 16.7. The fourth-order valence-electron chi connectivity index (χ4n) is 3.72. The Bertz CT molecular complexity index is 748. The molecule has 0 aliphatic carbocycles. The number of β-amino-alcohol motifs (C(OH)–C–C–N with tert-alkyl or cyclic N) is 1. The monoisotopic (exact) mass is 381 g/mol. The van der Waals surface area contributed by atoms with Crippen molar-refractivity contribution >= 4 is 11.6 Å². The highest BCUT2D eigenvalue weighted by Gasteiger charge is 2.26. The first kappa shape index (κ1) is 20.4. The number of amides is 1. The zero-order valence-corrected chi connectivity index (χ0v) is 16.8. The van der Waals surface area contributed by atoms with Gasteiger partial charge in [-0.05, 0) is 42.7 Å². The highest BCUT2D eigenvalue weighted by atomic mass is 16.3. The van der Waals surface area contributed by atoms with E-state index in [-0.39, 0.29) is 18.1 Å². The highest BCUT2D eigenvalue weighted by Crippen LogP contribution is 2.28. The van der Waals surface area contributed by atoms with E-state index in [9.17, 15) is 9.90 Å². The molecule has 5 heteroatoms. The number of benzene rings is 2. The minimum atomic E-state index is -0.220. The first-order chi connectivity index (χ1) is 13.6. The standard InChI is InChI=1S/C23H31N3O2/c1-3-14-24-23(28)19-9-11-20(12-10-19)25(2)22(18-7-5-4-6-8-18)17-26-15-13-21(27)16-26/h4-12,21-22,27H,3,13-17H2,1-2H3,(H,24,28)/t21-,22?/m0/s1. The molecule has 5 nitrogen and oxygen atoms in total. The zero-order chi connectivity index (χ0) is 19.9. The quantitative estimate of drug-likeness (QED) is 0.738. The molecule has 0 saturated carbocycles. The van der Waals surface area contributed by atoms with Gasteiger partial charge >= 0.3 is 0 Å². The summed E-state index contributed by atoms with van der Waals surface area (Å²) in [7, 11) is 2.09. The van der Waals surface area contributed by atoms with E-state index in [4.69, 9.17) is 0 Å². The SMILES string of the molecule is CCCNC(=O)c1ccc(N(C)C(CN2CC[C@H](O)C2)c2ccccc2)cc1. The number of aliphatic hydroxyl groups excluding tert-OH is 1. The summed E-state index contributed by atoms with van der Waals surface area (Å²) >= 11 is 0. The fraction of sp³-hybridized carbons (Fsp3) is 0.435. The van der Waals surface area contributed by atoms with Crippen molar-refractivity contribution in [2.45, 2.75) is 31.9 Å².